The summed E-state index contributed by atoms with van der Waals surface area (Å²) in [5.41, 5.74) is 19.6. The number of benzene rings is 2. The number of nitrogens with one attached hydrogen (secondary N) is 6. The molecule has 14 N–H and O–H groups in total. The van der Waals surface area contributed by atoms with Gasteiger partial charge in [0.25, 0.3) is 0 Å². The number of primary amides is 2. The van der Waals surface area contributed by atoms with Gasteiger partial charge in [0.1, 0.15) is 54.9 Å². The number of rotatable bonds is 25. The number of fused-ring (bicyclic) bond motifs is 4. The summed E-state index contributed by atoms with van der Waals surface area (Å²) in [7, 11) is 0. The van der Waals surface area contributed by atoms with Gasteiger partial charge in [-0.05, 0) is 67.7 Å². The molecular formula is C63H93N13O16S2. The van der Waals surface area contributed by atoms with Crippen molar-refractivity contribution in [3.8, 4) is 0 Å². The number of piperazine rings is 1. The first-order valence-corrected chi connectivity index (χ1v) is 34.4. The molecule has 3 saturated heterocycles. The normalized spacial score (nSPS) is 23.2. The van der Waals surface area contributed by atoms with E-state index in [1.54, 1.807) is 35.2 Å². The van der Waals surface area contributed by atoms with Crippen LogP contribution in [0.3, 0.4) is 0 Å². The lowest BCUT2D eigenvalue weighted by molar-refractivity contribution is -0.148. The number of unbranched alkanes of at least 4 members (excludes halogenated alkanes) is 2. The number of carbonyl (C=O) groups is 12. The Bertz CT molecular complexity index is 2940. The van der Waals surface area contributed by atoms with Crippen LogP contribution in [0.2, 0.25) is 0 Å². The van der Waals surface area contributed by atoms with E-state index in [9.17, 15) is 67.7 Å². The molecule has 2 unspecified atom stereocenters. The van der Waals surface area contributed by atoms with E-state index in [4.69, 9.17) is 26.7 Å². The Balaban J connectivity index is 1.38. The number of aliphatic carboxylic acids is 1. The second-order valence-corrected chi connectivity index (χ2v) is 26.0. The first-order chi connectivity index (χ1) is 45.0. The summed E-state index contributed by atoms with van der Waals surface area (Å²) in [6, 6.07) is 2.99. The number of amides is 11. The summed E-state index contributed by atoms with van der Waals surface area (Å²) in [5.74, 6) is -9.38. The Labute approximate surface area is 555 Å². The van der Waals surface area contributed by atoms with Crippen LogP contribution in [0.1, 0.15) is 107 Å². The van der Waals surface area contributed by atoms with Crippen molar-refractivity contribution < 1.29 is 77.2 Å². The van der Waals surface area contributed by atoms with Gasteiger partial charge >= 0.3 is 5.97 Å². The van der Waals surface area contributed by atoms with Crippen LogP contribution in [0.25, 0.3) is 0 Å². The third kappa shape index (κ3) is 24.1. The zero-order chi connectivity index (χ0) is 68.3. The molecule has 29 nitrogen and oxygen atoms in total. The molecule has 4 heterocycles. The quantitative estimate of drug-likeness (QED) is 0.0485. The molecule has 2 aromatic rings. The Morgan fingerprint density at radius 2 is 1.35 bits per heavy atom. The van der Waals surface area contributed by atoms with Crippen LogP contribution >= 0.6 is 23.5 Å². The van der Waals surface area contributed by atoms with Crippen LogP contribution in [0.15, 0.2) is 48.5 Å². The largest absolute Gasteiger partial charge is 0.481 e. The average molecular weight is 1350 g/mol. The number of hydrogen-bond acceptors (Lipinski definition) is 19. The SMILES string of the molecule is CCCCCC(=O)N[C@H]1CSCc2cc(cc(CN3CCN(C(=O)COCCOCCN)CC3)c2)CSC[C@@H](C(=O)NC(CC(=O)O)C(N)=O)NC(=O)C(Cc2ccccc2)NC(=O)[C@H](CCC(N)=O)NC(=O)[C@H]([C@@H](C)O)NC(=O)[C@@H]2CCCN2C(=O)[C@@H]2CCCN2C1=O. The third-order valence-corrected chi connectivity index (χ3v) is 18.7. The van der Waals surface area contributed by atoms with E-state index in [1.165, 1.54) is 40.2 Å². The summed E-state index contributed by atoms with van der Waals surface area (Å²) >= 11 is 2.58. The lowest BCUT2D eigenvalue weighted by Gasteiger charge is -2.35. The molecule has 2 aromatic carbocycles. The number of nitrogens with zero attached hydrogens (tertiary/aromatic N) is 4. The summed E-state index contributed by atoms with van der Waals surface area (Å²) in [4.78, 5) is 172. The van der Waals surface area contributed by atoms with Crippen molar-refractivity contribution in [2.75, 3.05) is 83.7 Å². The molecule has 0 saturated carbocycles. The number of thioether (sulfide) groups is 2. The number of ether oxygens (including phenoxy) is 2. The Kier molecular flexibility index (Phi) is 31.2. The first kappa shape index (κ1) is 75.6. The topological polar surface area (TPSA) is 427 Å². The van der Waals surface area contributed by atoms with E-state index in [0.29, 0.717) is 83.1 Å². The minimum absolute atomic E-state index is 0.0990. The number of hydrogen-bond donors (Lipinski definition) is 11. The molecule has 9 atom stereocenters. The van der Waals surface area contributed by atoms with Gasteiger partial charge in [-0.1, -0.05) is 68.3 Å². The minimum Gasteiger partial charge on any atom is -0.481 e. The molecule has 518 valence electrons. The van der Waals surface area contributed by atoms with Gasteiger partial charge in [-0.2, -0.15) is 23.5 Å². The van der Waals surface area contributed by atoms with Crippen LogP contribution in [0.5, 0.6) is 0 Å². The van der Waals surface area contributed by atoms with Crippen LogP contribution in [0.4, 0.5) is 0 Å². The molecule has 0 spiro atoms. The fourth-order valence-electron chi connectivity index (χ4n) is 11.5. The minimum atomic E-state index is -1.74. The van der Waals surface area contributed by atoms with Crippen LogP contribution in [0, 0.1) is 0 Å². The zero-order valence-corrected chi connectivity index (χ0v) is 55.2. The van der Waals surface area contributed by atoms with Gasteiger partial charge < -0.3 is 83.5 Å². The number of aliphatic hydroxyl groups is 1. The van der Waals surface area contributed by atoms with Crippen molar-refractivity contribution in [2.45, 2.75) is 163 Å². The van der Waals surface area contributed by atoms with E-state index >= 15 is 0 Å². The second kappa shape index (κ2) is 38.8. The maximum atomic E-state index is 14.9. The predicted molar refractivity (Wildman–Crippen MR) is 348 cm³/mol. The van der Waals surface area contributed by atoms with Crippen LogP contribution in [-0.2, 0) is 91.5 Å². The van der Waals surface area contributed by atoms with E-state index in [0.717, 1.165) is 29.5 Å². The van der Waals surface area contributed by atoms with Gasteiger partial charge in [0.2, 0.25) is 65.0 Å². The Hall–Kier alpha value is -7.42. The lowest BCUT2D eigenvalue weighted by Crippen LogP contribution is -2.62. The number of carboxylic acids is 1. The summed E-state index contributed by atoms with van der Waals surface area (Å²) in [5, 5.41) is 36.4. The smallest absolute Gasteiger partial charge is 0.305 e. The predicted octanol–water partition coefficient (Wildman–Crippen LogP) is -1.88. The van der Waals surface area contributed by atoms with E-state index in [2.05, 4.69) is 36.8 Å². The number of nitrogens with two attached hydrogens (primary N) is 3. The van der Waals surface area contributed by atoms with Crippen molar-refractivity contribution in [1.29, 1.82) is 0 Å². The molecule has 4 aliphatic heterocycles. The highest BCUT2D eigenvalue weighted by Crippen LogP contribution is 2.28. The van der Waals surface area contributed by atoms with Crippen LogP contribution in [-0.4, -0.2) is 239 Å². The molecule has 0 aliphatic carbocycles. The molecule has 4 aliphatic rings. The molecule has 3 fully saturated rings. The highest BCUT2D eigenvalue weighted by atomic mass is 32.2. The molecule has 0 aromatic heterocycles. The highest BCUT2D eigenvalue weighted by Gasteiger charge is 2.45. The van der Waals surface area contributed by atoms with Gasteiger partial charge in [-0.15, -0.1) is 0 Å². The van der Waals surface area contributed by atoms with E-state index in [1.807, 2.05) is 25.1 Å². The van der Waals surface area contributed by atoms with Crippen molar-refractivity contribution in [1.82, 2.24) is 51.5 Å². The van der Waals surface area contributed by atoms with E-state index in [-0.39, 0.29) is 81.1 Å². The van der Waals surface area contributed by atoms with Crippen LogP contribution < -0.4 is 49.1 Å². The molecule has 31 heteroatoms. The molecule has 94 heavy (non-hydrogen) atoms. The van der Waals surface area contributed by atoms with E-state index < -0.39 is 133 Å². The average Bonchev–Trinajstić information content (AvgIpc) is 1.63. The molecule has 11 amide bonds. The maximum Gasteiger partial charge on any atom is 0.305 e. The summed E-state index contributed by atoms with van der Waals surface area (Å²) in [6.07, 6.45) is 0.0622. The van der Waals surface area contributed by atoms with Crippen molar-refractivity contribution in [2.24, 2.45) is 17.2 Å². The fraction of sp³-hybridized carbons (Fsp3) is 0.619. The maximum absolute atomic E-state index is 14.9. The van der Waals surface area contributed by atoms with Gasteiger partial charge in [0.05, 0.1) is 32.3 Å². The molecule has 0 radical (unpaired) electrons. The fourth-order valence-corrected chi connectivity index (χ4v) is 13.5. The highest BCUT2D eigenvalue weighted by molar-refractivity contribution is 7.98. The second-order valence-electron chi connectivity index (χ2n) is 23.9. The van der Waals surface area contributed by atoms with Gasteiger partial charge in [0, 0.05) is 94.6 Å². The standard InChI is InChI=1S/C63H93N13O16S2/c1-3-4-6-15-52(79)67-48-38-94-36-43-29-41(33-73-21-23-74(24-22-73)53(80)34-92-27-26-91-25-18-64)28-42(30-43)35-93-37-47(59(86)69-45(56(66)83)32-54(81)82)71-58(85)46(31-40-11-7-5-8-12-40)70-57(84)44(16-17-51(65)78)68-61(88)55(39(2)77)72-60(87)49-13-9-19-75(49)63(90)50-14-10-20-76(50)62(48)89/h5,7-8,11-12,28-30,39,44-50,55,77H,3-4,6,9-10,13-27,31-38,64H2,1-2H3,(H2,65,78)(H2,66,83)(H,67,79)(H,68,88)(H,69,86)(H,70,84)(H,71,85)(H,72,87)(H,81,82)/t39-,44+,45?,46?,47+,48+,49+,50+,55+/m1/s1. The number of aliphatic hydroxyl groups excluding tert-OH is 1. The Morgan fingerprint density at radius 3 is 1.99 bits per heavy atom. The summed E-state index contributed by atoms with van der Waals surface area (Å²) in [6.45, 7) is 7.14. The van der Waals surface area contributed by atoms with Gasteiger partial charge in [-0.3, -0.25) is 62.4 Å². The molecule has 2 bridgehead atoms. The van der Waals surface area contributed by atoms with Crippen molar-refractivity contribution in [3.05, 3.63) is 70.8 Å². The summed E-state index contributed by atoms with van der Waals surface area (Å²) < 4.78 is 10.9. The number of carbonyl (C=O) groups excluding carboxylic acids is 11. The lowest BCUT2D eigenvalue weighted by atomic mass is 10.0. The zero-order valence-electron chi connectivity index (χ0n) is 53.6. The first-order valence-electron chi connectivity index (χ1n) is 32.1. The third-order valence-electron chi connectivity index (χ3n) is 16.5. The van der Waals surface area contributed by atoms with Crippen molar-refractivity contribution in [3.63, 3.8) is 0 Å². The monoisotopic (exact) mass is 1350 g/mol. The molecular weight excluding hydrogens is 1260 g/mol. The van der Waals surface area contributed by atoms with Crippen molar-refractivity contribution >= 4 is 94.5 Å². The molecule has 6 rings (SSSR count). The number of carboxylic acid groups (broad SMARTS) is 1. The Morgan fingerprint density at radius 1 is 0.713 bits per heavy atom. The van der Waals surface area contributed by atoms with Gasteiger partial charge in [0.15, 0.2) is 0 Å². The van der Waals surface area contributed by atoms with Gasteiger partial charge in [-0.25, -0.2) is 0 Å².